The zero-order valence-corrected chi connectivity index (χ0v) is 21.4. The molecule has 7 nitrogen and oxygen atoms in total. The SMILES string of the molecule is CC[C@@H](C(=O)NC1CCCCC1)N(Cc1ccc(F)cc1)C(=O)CN(c1ccccc1F)S(C)(=O)=O. The van der Waals surface area contributed by atoms with Crippen LogP contribution in [0.1, 0.15) is 51.0 Å². The number of halogens is 2. The number of hydrogen-bond acceptors (Lipinski definition) is 4. The molecule has 0 heterocycles. The van der Waals surface area contributed by atoms with E-state index in [-0.39, 0.29) is 30.6 Å². The fraction of sp³-hybridized carbons (Fsp3) is 0.462. The summed E-state index contributed by atoms with van der Waals surface area (Å²) in [4.78, 5) is 28.2. The summed E-state index contributed by atoms with van der Waals surface area (Å²) >= 11 is 0. The van der Waals surface area contributed by atoms with Crippen molar-refractivity contribution in [3.8, 4) is 0 Å². The minimum absolute atomic E-state index is 0.0222. The Kier molecular flexibility index (Phi) is 9.42. The molecule has 2 aromatic rings. The highest BCUT2D eigenvalue weighted by Crippen LogP contribution is 2.23. The zero-order valence-electron chi connectivity index (χ0n) is 20.6. The summed E-state index contributed by atoms with van der Waals surface area (Å²) in [5.41, 5.74) is 0.320. The second-order valence-electron chi connectivity index (χ2n) is 9.14. The van der Waals surface area contributed by atoms with Crippen molar-refractivity contribution in [3.05, 3.63) is 65.7 Å². The van der Waals surface area contributed by atoms with Crippen LogP contribution in [0, 0.1) is 11.6 Å². The second kappa shape index (κ2) is 12.3. The van der Waals surface area contributed by atoms with Gasteiger partial charge in [-0.3, -0.25) is 13.9 Å². The summed E-state index contributed by atoms with van der Waals surface area (Å²) in [6, 6.07) is 9.95. The molecule has 2 amide bonds. The largest absolute Gasteiger partial charge is 0.352 e. The van der Waals surface area contributed by atoms with Crippen molar-refractivity contribution in [1.29, 1.82) is 0 Å². The third kappa shape index (κ3) is 7.25. The maximum absolute atomic E-state index is 14.5. The molecule has 0 saturated heterocycles. The van der Waals surface area contributed by atoms with Gasteiger partial charge in [0.05, 0.1) is 11.9 Å². The van der Waals surface area contributed by atoms with Gasteiger partial charge < -0.3 is 10.2 Å². The third-order valence-corrected chi connectivity index (χ3v) is 7.53. The van der Waals surface area contributed by atoms with Gasteiger partial charge in [-0.2, -0.15) is 0 Å². The lowest BCUT2D eigenvalue weighted by molar-refractivity contribution is -0.140. The molecule has 196 valence electrons. The van der Waals surface area contributed by atoms with E-state index in [2.05, 4.69) is 5.32 Å². The number of nitrogens with zero attached hydrogens (tertiary/aromatic N) is 2. The van der Waals surface area contributed by atoms with Crippen molar-refractivity contribution in [2.75, 3.05) is 17.1 Å². The number of nitrogens with one attached hydrogen (secondary N) is 1. The van der Waals surface area contributed by atoms with Gasteiger partial charge in [-0.15, -0.1) is 0 Å². The molecule has 0 bridgehead atoms. The number of sulfonamides is 1. The first-order valence-corrected chi connectivity index (χ1v) is 14.0. The Morgan fingerprint density at radius 2 is 1.67 bits per heavy atom. The van der Waals surface area contributed by atoms with Crippen LogP contribution in [-0.2, 0) is 26.2 Å². The standard InChI is InChI=1S/C26H33F2N3O4S/c1-3-23(26(33)29-21-9-5-4-6-10-21)30(17-19-13-15-20(27)16-14-19)25(32)18-31(36(2,34)35)24-12-8-7-11-22(24)28/h7-8,11-16,21,23H,3-6,9-10,17-18H2,1-2H3,(H,29,33)/t23-/m0/s1. The molecule has 1 aliphatic carbocycles. The van der Waals surface area contributed by atoms with Gasteiger partial charge >= 0.3 is 0 Å². The molecule has 0 aliphatic heterocycles. The highest BCUT2D eigenvalue weighted by molar-refractivity contribution is 7.92. The number of anilines is 1. The molecule has 1 fully saturated rings. The van der Waals surface area contributed by atoms with Crippen molar-refractivity contribution < 1.29 is 26.8 Å². The van der Waals surface area contributed by atoms with Gasteiger partial charge in [0.15, 0.2) is 0 Å². The van der Waals surface area contributed by atoms with Crippen LogP contribution in [0.3, 0.4) is 0 Å². The Morgan fingerprint density at radius 1 is 1.03 bits per heavy atom. The minimum atomic E-state index is -4.03. The smallest absolute Gasteiger partial charge is 0.244 e. The number of carbonyl (C=O) groups is 2. The van der Waals surface area contributed by atoms with E-state index in [1.165, 1.54) is 47.4 Å². The van der Waals surface area contributed by atoms with E-state index in [0.717, 1.165) is 44.4 Å². The summed E-state index contributed by atoms with van der Waals surface area (Å²) in [6.07, 6.45) is 6.06. The fourth-order valence-electron chi connectivity index (χ4n) is 4.50. The first kappa shape index (κ1) is 27.6. The number of para-hydroxylation sites is 1. The van der Waals surface area contributed by atoms with Crippen LogP contribution < -0.4 is 9.62 Å². The van der Waals surface area contributed by atoms with Gasteiger partial charge in [-0.05, 0) is 49.1 Å². The van der Waals surface area contributed by atoms with Gasteiger partial charge in [0.25, 0.3) is 0 Å². The number of benzene rings is 2. The molecule has 36 heavy (non-hydrogen) atoms. The molecule has 1 atom stereocenters. The van der Waals surface area contributed by atoms with E-state index >= 15 is 0 Å². The number of rotatable bonds is 10. The third-order valence-electron chi connectivity index (χ3n) is 6.40. The Balaban J connectivity index is 1.91. The lowest BCUT2D eigenvalue weighted by Gasteiger charge is -2.34. The Morgan fingerprint density at radius 3 is 2.25 bits per heavy atom. The lowest BCUT2D eigenvalue weighted by Crippen LogP contribution is -2.54. The molecule has 0 aromatic heterocycles. The molecule has 1 saturated carbocycles. The Bertz CT molecular complexity index is 1150. The summed E-state index contributed by atoms with van der Waals surface area (Å²) in [5, 5.41) is 3.04. The van der Waals surface area contributed by atoms with Crippen molar-refractivity contribution in [3.63, 3.8) is 0 Å². The monoisotopic (exact) mass is 521 g/mol. The van der Waals surface area contributed by atoms with Gasteiger partial charge in [-0.25, -0.2) is 17.2 Å². The predicted octanol–water partition coefficient (Wildman–Crippen LogP) is 3.99. The molecular weight excluding hydrogens is 488 g/mol. The summed E-state index contributed by atoms with van der Waals surface area (Å²) < 4.78 is 53.7. The molecular formula is C26H33F2N3O4S. The van der Waals surface area contributed by atoms with Crippen LogP contribution in [0.25, 0.3) is 0 Å². The first-order chi connectivity index (χ1) is 17.1. The molecule has 3 rings (SSSR count). The van der Waals surface area contributed by atoms with Crippen molar-refractivity contribution in [2.24, 2.45) is 0 Å². The number of carbonyl (C=O) groups excluding carboxylic acids is 2. The number of amides is 2. The van der Waals surface area contributed by atoms with Crippen LogP contribution in [0.2, 0.25) is 0 Å². The molecule has 0 radical (unpaired) electrons. The lowest BCUT2D eigenvalue weighted by atomic mass is 9.95. The van der Waals surface area contributed by atoms with Crippen molar-refractivity contribution in [1.82, 2.24) is 10.2 Å². The predicted molar refractivity (Wildman–Crippen MR) is 135 cm³/mol. The molecule has 1 aliphatic rings. The van der Waals surface area contributed by atoms with E-state index in [1.807, 2.05) is 0 Å². The van der Waals surface area contributed by atoms with Crippen LogP contribution >= 0.6 is 0 Å². The van der Waals surface area contributed by atoms with Crippen LogP contribution in [0.4, 0.5) is 14.5 Å². The minimum Gasteiger partial charge on any atom is -0.352 e. The van der Waals surface area contributed by atoms with Crippen LogP contribution in [0.5, 0.6) is 0 Å². The topological polar surface area (TPSA) is 86.8 Å². The van der Waals surface area contributed by atoms with E-state index in [0.29, 0.717) is 9.87 Å². The summed E-state index contributed by atoms with van der Waals surface area (Å²) in [5.74, 6) is -2.22. The van der Waals surface area contributed by atoms with Crippen molar-refractivity contribution >= 4 is 27.5 Å². The van der Waals surface area contributed by atoms with Gasteiger partial charge in [0.1, 0.15) is 24.2 Å². The Labute approximate surface area is 211 Å². The maximum Gasteiger partial charge on any atom is 0.244 e. The Hall–Kier alpha value is -3.01. The van der Waals surface area contributed by atoms with Gasteiger partial charge in [-0.1, -0.05) is 50.5 Å². The molecule has 10 heteroatoms. The summed E-state index contributed by atoms with van der Waals surface area (Å²) in [6.45, 7) is 1.04. The summed E-state index contributed by atoms with van der Waals surface area (Å²) in [7, 11) is -4.03. The number of hydrogen-bond donors (Lipinski definition) is 1. The highest BCUT2D eigenvalue weighted by atomic mass is 32.2. The molecule has 0 unspecified atom stereocenters. The first-order valence-electron chi connectivity index (χ1n) is 12.2. The fourth-order valence-corrected chi connectivity index (χ4v) is 5.35. The molecule has 0 spiro atoms. The highest BCUT2D eigenvalue weighted by Gasteiger charge is 2.33. The van der Waals surface area contributed by atoms with Crippen LogP contribution in [0.15, 0.2) is 48.5 Å². The quantitative estimate of drug-likeness (QED) is 0.512. The van der Waals surface area contributed by atoms with E-state index in [4.69, 9.17) is 0 Å². The average Bonchev–Trinajstić information content (AvgIpc) is 2.84. The van der Waals surface area contributed by atoms with Gasteiger partial charge in [0.2, 0.25) is 21.8 Å². The second-order valence-corrected chi connectivity index (χ2v) is 11.0. The van der Waals surface area contributed by atoms with E-state index < -0.39 is 40.2 Å². The van der Waals surface area contributed by atoms with Crippen LogP contribution in [-0.4, -0.2) is 50.0 Å². The normalized spacial score (nSPS) is 15.2. The van der Waals surface area contributed by atoms with E-state index in [9.17, 15) is 26.8 Å². The average molecular weight is 522 g/mol. The maximum atomic E-state index is 14.5. The molecule has 2 aromatic carbocycles. The molecule has 1 N–H and O–H groups in total. The zero-order chi connectivity index (χ0) is 26.3. The van der Waals surface area contributed by atoms with Crippen molar-refractivity contribution in [2.45, 2.75) is 64.1 Å². The van der Waals surface area contributed by atoms with E-state index in [1.54, 1.807) is 6.92 Å². The van der Waals surface area contributed by atoms with Gasteiger partial charge in [0, 0.05) is 12.6 Å².